The molecule has 2 fully saturated rings. The summed E-state index contributed by atoms with van der Waals surface area (Å²) in [6.07, 6.45) is -3.98. The van der Waals surface area contributed by atoms with Gasteiger partial charge in [0.1, 0.15) is 12.2 Å². The Kier molecular flexibility index (Phi) is 10.2. The summed E-state index contributed by atoms with van der Waals surface area (Å²) in [6, 6.07) is 0. The molecule has 0 bridgehead atoms. The molecule has 13 heteroatoms. The fraction of sp³-hybridized carbons (Fsp3) is 0.818. The number of hydrogen-bond acceptors (Lipinski definition) is 11. The quantitative estimate of drug-likeness (QED) is 0.167. The summed E-state index contributed by atoms with van der Waals surface area (Å²) in [7, 11) is 0. The van der Waals surface area contributed by atoms with E-state index in [-0.39, 0.29) is 51.4 Å². The molecule has 198 valence electrons. The Morgan fingerprint density at radius 2 is 1.29 bits per heavy atom. The minimum atomic E-state index is -1.72. The van der Waals surface area contributed by atoms with Crippen LogP contribution in [-0.2, 0) is 28.7 Å². The molecule has 6 unspecified atom stereocenters. The van der Waals surface area contributed by atoms with Gasteiger partial charge in [0.05, 0.1) is 49.1 Å². The summed E-state index contributed by atoms with van der Waals surface area (Å²) < 4.78 is 10.3. The maximum Gasteiger partial charge on any atom is 0.309 e. The van der Waals surface area contributed by atoms with Crippen molar-refractivity contribution in [2.45, 2.75) is 113 Å². The van der Waals surface area contributed by atoms with Gasteiger partial charge in [0.15, 0.2) is 0 Å². The zero-order chi connectivity index (χ0) is 26.2. The minimum Gasteiger partial charge on any atom is -0.481 e. The van der Waals surface area contributed by atoms with Gasteiger partial charge in [0.2, 0.25) is 0 Å². The molecule has 2 heterocycles. The Labute approximate surface area is 201 Å². The second-order valence-corrected chi connectivity index (χ2v) is 9.71. The number of aliphatic carboxylic acids is 1. The van der Waals surface area contributed by atoms with Gasteiger partial charge >= 0.3 is 17.9 Å². The number of aliphatic hydroxyl groups excluding tert-OH is 2. The molecule has 2 rings (SSSR count). The van der Waals surface area contributed by atoms with Gasteiger partial charge in [0.25, 0.3) is 5.91 Å². The van der Waals surface area contributed by atoms with Gasteiger partial charge in [-0.15, -0.1) is 4.91 Å². The molecule has 0 aromatic carbocycles. The van der Waals surface area contributed by atoms with Crippen molar-refractivity contribution in [2.24, 2.45) is 5.18 Å². The van der Waals surface area contributed by atoms with E-state index in [1.165, 1.54) is 0 Å². The number of nitrogens with zero attached hydrogens (tertiary/aromatic N) is 1. The van der Waals surface area contributed by atoms with E-state index in [4.69, 9.17) is 14.6 Å². The van der Waals surface area contributed by atoms with Crippen molar-refractivity contribution in [1.82, 2.24) is 0 Å². The number of esters is 2. The lowest BCUT2D eigenvalue weighted by Crippen LogP contribution is -2.45. The number of carboxylic acid groups (broad SMARTS) is 1. The Bertz CT molecular complexity index is 799. The first-order valence-electron chi connectivity index (χ1n) is 11.6. The van der Waals surface area contributed by atoms with Gasteiger partial charge in [-0.1, -0.05) is 0 Å². The topological polar surface area (TPSA) is 217 Å². The molecule has 6 atom stereocenters. The Balaban J connectivity index is 1.71. The highest BCUT2D eigenvalue weighted by Crippen LogP contribution is 2.33. The van der Waals surface area contributed by atoms with E-state index >= 15 is 0 Å². The van der Waals surface area contributed by atoms with E-state index in [2.05, 4.69) is 5.18 Å². The van der Waals surface area contributed by atoms with Crippen LogP contribution < -0.4 is 0 Å². The van der Waals surface area contributed by atoms with Crippen LogP contribution in [0.4, 0.5) is 0 Å². The van der Waals surface area contributed by atoms with Crippen molar-refractivity contribution in [3.8, 4) is 0 Å². The first-order chi connectivity index (χ1) is 16.3. The van der Waals surface area contributed by atoms with Crippen LogP contribution in [0.3, 0.4) is 0 Å². The molecule has 0 aromatic heterocycles. The van der Waals surface area contributed by atoms with Crippen molar-refractivity contribution in [2.75, 3.05) is 0 Å². The predicted molar refractivity (Wildman–Crippen MR) is 116 cm³/mol. The molecule has 0 aliphatic carbocycles. The summed E-state index contributed by atoms with van der Waals surface area (Å²) >= 11 is 0. The van der Waals surface area contributed by atoms with Gasteiger partial charge < -0.3 is 35.0 Å². The second kappa shape index (κ2) is 12.5. The van der Waals surface area contributed by atoms with Crippen LogP contribution in [0.5, 0.6) is 0 Å². The number of carboxylic acids is 1. The summed E-state index contributed by atoms with van der Waals surface area (Å²) in [6.45, 7) is 0. The number of carbonyl (C=O) groups is 4. The number of nitroso groups, excluding NO2 is 1. The van der Waals surface area contributed by atoms with E-state index < -0.39 is 85.1 Å². The Morgan fingerprint density at radius 1 is 0.857 bits per heavy atom. The molecule has 2 aliphatic rings. The maximum atomic E-state index is 11.8. The molecule has 35 heavy (non-hydrogen) atoms. The molecule has 0 spiro atoms. The highest BCUT2D eigenvalue weighted by molar-refractivity contribution is 5.80. The number of carbonyl (C=O) groups excluding carboxylic acids is 3. The average Bonchev–Trinajstić information content (AvgIpc) is 2.72. The third-order valence-electron chi connectivity index (χ3n) is 6.30. The number of ether oxygens (including phenoxy) is 2. The fourth-order valence-electron chi connectivity index (χ4n) is 4.68. The first kappa shape index (κ1) is 28.8. The summed E-state index contributed by atoms with van der Waals surface area (Å²) in [4.78, 5) is 55.9. The maximum absolute atomic E-state index is 11.8. The highest BCUT2D eigenvalue weighted by Gasteiger charge is 2.42. The van der Waals surface area contributed by atoms with Gasteiger partial charge in [-0.3, -0.25) is 19.2 Å². The van der Waals surface area contributed by atoms with Crippen molar-refractivity contribution >= 4 is 23.8 Å². The first-order valence-corrected chi connectivity index (χ1v) is 11.6. The zero-order valence-electron chi connectivity index (χ0n) is 19.3. The summed E-state index contributed by atoms with van der Waals surface area (Å²) in [5, 5.41) is 52.4. The summed E-state index contributed by atoms with van der Waals surface area (Å²) in [5.74, 6) is -3.71. The molecule has 1 amide bonds. The van der Waals surface area contributed by atoms with Crippen molar-refractivity contribution in [1.29, 1.82) is 0 Å². The fourth-order valence-corrected chi connectivity index (χ4v) is 4.68. The lowest BCUT2D eigenvalue weighted by atomic mass is 9.84. The van der Waals surface area contributed by atoms with E-state index in [1.54, 1.807) is 0 Å². The smallest absolute Gasteiger partial charge is 0.309 e. The number of amides is 1. The van der Waals surface area contributed by atoms with E-state index in [1.807, 2.05) is 0 Å². The van der Waals surface area contributed by atoms with Gasteiger partial charge in [0, 0.05) is 18.0 Å². The molecule has 2 saturated heterocycles. The van der Waals surface area contributed by atoms with Crippen molar-refractivity contribution in [3.05, 3.63) is 4.91 Å². The predicted octanol–water partition coefficient (Wildman–Crippen LogP) is 0.0800. The lowest BCUT2D eigenvalue weighted by molar-refractivity contribution is -0.175. The van der Waals surface area contributed by atoms with E-state index in [0.717, 1.165) is 0 Å². The molecule has 0 radical (unpaired) electrons. The lowest BCUT2D eigenvalue weighted by Gasteiger charge is -2.35. The van der Waals surface area contributed by atoms with Crippen LogP contribution in [-0.4, -0.2) is 85.0 Å². The molecular weight excluding hydrogens is 470 g/mol. The van der Waals surface area contributed by atoms with Gasteiger partial charge in [-0.25, -0.2) is 0 Å². The average molecular weight is 504 g/mol. The van der Waals surface area contributed by atoms with Crippen LogP contribution in [0.15, 0.2) is 5.18 Å². The van der Waals surface area contributed by atoms with Crippen LogP contribution in [0.1, 0.15) is 77.0 Å². The second-order valence-electron chi connectivity index (χ2n) is 9.71. The van der Waals surface area contributed by atoms with Crippen molar-refractivity contribution in [3.63, 3.8) is 0 Å². The monoisotopic (exact) mass is 503 g/mol. The van der Waals surface area contributed by atoms with Crippen LogP contribution in [0.2, 0.25) is 0 Å². The molecule has 13 nitrogen and oxygen atoms in total. The minimum absolute atomic E-state index is 0.0403. The number of cyclic esters (lactones) is 2. The van der Waals surface area contributed by atoms with Crippen LogP contribution in [0, 0.1) is 4.91 Å². The standard InChI is InChI=1S/C22H33NO12/c24-13(3-5-15-7-21(31,9-17(26)23-33)11-19(29)34-15)1-2-14(25)4-6-16-8-22(32,10-18(27)28)12-20(30)35-16/h13-16,24-25,31-32H,1-12H2,(H,27,28). The number of rotatable bonds is 13. The Morgan fingerprint density at radius 3 is 1.69 bits per heavy atom. The van der Waals surface area contributed by atoms with Gasteiger partial charge in [-0.2, -0.15) is 0 Å². The van der Waals surface area contributed by atoms with E-state index in [9.17, 15) is 44.5 Å². The van der Waals surface area contributed by atoms with Crippen LogP contribution in [0.25, 0.3) is 0 Å². The Hall–Kier alpha value is -2.48. The SMILES string of the molecule is O=NC(=O)CC1(O)CC(=O)OC(CCC(O)CCC(O)CCC2CC(O)(CC(=O)O)CC(=O)O2)C1. The molecule has 0 aromatic rings. The summed E-state index contributed by atoms with van der Waals surface area (Å²) in [5.41, 5.74) is -3.40. The van der Waals surface area contributed by atoms with Crippen molar-refractivity contribution < 1.29 is 54.2 Å². The molecular formula is C22H33NO12. The molecule has 0 saturated carbocycles. The zero-order valence-corrected chi connectivity index (χ0v) is 19.3. The molecule has 5 N–H and O–H groups in total. The highest BCUT2D eigenvalue weighted by atomic mass is 16.6. The number of aliphatic hydroxyl groups is 4. The molecule has 2 aliphatic heterocycles. The normalized spacial score (nSPS) is 30.6. The van der Waals surface area contributed by atoms with E-state index in [0.29, 0.717) is 0 Å². The van der Waals surface area contributed by atoms with Crippen LogP contribution >= 0.6 is 0 Å². The largest absolute Gasteiger partial charge is 0.481 e. The third-order valence-corrected chi connectivity index (χ3v) is 6.30. The third kappa shape index (κ3) is 9.96. The number of hydrogen-bond donors (Lipinski definition) is 5. The van der Waals surface area contributed by atoms with Gasteiger partial charge in [-0.05, 0) is 38.5 Å².